The zero-order chi connectivity index (χ0) is 26.9. The molecule has 3 aromatic heterocycles. The number of fused-ring (bicyclic) bond motifs is 1. The fourth-order valence-electron chi connectivity index (χ4n) is 4.93. The van der Waals surface area contributed by atoms with Gasteiger partial charge >= 0.3 is 0 Å². The Morgan fingerprint density at radius 3 is 2.72 bits per heavy atom. The minimum Gasteiger partial charge on any atom is -0.358 e. The second-order valence-corrected chi connectivity index (χ2v) is 9.90. The summed E-state index contributed by atoms with van der Waals surface area (Å²) in [4.78, 5) is 12.7. The number of hydrogen-bond acceptors (Lipinski definition) is 4. The van der Waals surface area contributed by atoms with Crippen molar-refractivity contribution in [2.24, 2.45) is 5.92 Å². The summed E-state index contributed by atoms with van der Waals surface area (Å²) in [7, 11) is 0. The van der Waals surface area contributed by atoms with Crippen molar-refractivity contribution in [1.82, 2.24) is 25.1 Å². The SMILES string of the molecule is C=C(/C=c1/c(-c2nc3c(-c4cccc(F)c4)cccc3[nH]2)n[nH]/c1=C/C)c1cncc(NC(=C)C2CCC2)c1. The standard InChI is InChI=1S/C32H29FN6/c1-4-28-27(14-19(2)23-16-25(18-34-17-23)35-20(3)21-8-5-9-21)31(39-38-28)32-36-29-13-7-12-26(30(29)37-32)22-10-6-11-24(33)15-22/h4,6-7,10-18,21,35,38H,2-3,5,8-9H2,1H3,(H,36,37)/b27-14+,28-4+. The highest BCUT2D eigenvalue weighted by molar-refractivity contribution is 5.94. The van der Waals surface area contributed by atoms with Crippen LogP contribution in [0.5, 0.6) is 0 Å². The lowest BCUT2D eigenvalue weighted by Crippen LogP contribution is -2.23. The Bertz CT molecular complexity index is 1840. The zero-order valence-electron chi connectivity index (χ0n) is 21.8. The van der Waals surface area contributed by atoms with Gasteiger partial charge in [0.1, 0.15) is 11.5 Å². The fraction of sp³-hybridized carbons (Fsp3) is 0.156. The Labute approximate surface area is 225 Å². The Hall–Kier alpha value is -4.78. The van der Waals surface area contributed by atoms with Crippen LogP contribution in [0.2, 0.25) is 0 Å². The number of benzene rings is 2. The van der Waals surface area contributed by atoms with Gasteiger partial charge < -0.3 is 10.3 Å². The number of nitrogens with one attached hydrogen (secondary N) is 3. The van der Waals surface area contributed by atoms with Crippen LogP contribution in [0.3, 0.4) is 0 Å². The molecule has 6 rings (SSSR count). The second-order valence-electron chi connectivity index (χ2n) is 9.90. The zero-order valence-corrected chi connectivity index (χ0v) is 21.8. The van der Waals surface area contributed by atoms with Gasteiger partial charge in [0.15, 0.2) is 5.82 Å². The summed E-state index contributed by atoms with van der Waals surface area (Å²) >= 11 is 0. The van der Waals surface area contributed by atoms with Gasteiger partial charge in [0.2, 0.25) is 0 Å². The number of halogens is 1. The first-order chi connectivity index (χ1) is 19.0. The van der Waals surface area contributed by atoms with E-state index in [1.54, 1.807) is 18.5 Å². The third kappa shape index (κ3) is 4.79. The van der Waals surface area contributed by atoms with Crippen LogP contribution in [0.1, 0.15) is 31.7 Å². The summed E-state index contributed by atoms with van der Waals surface area (Å²) in [6.07, 6.45) is 11.2. The van der Waals surface area contributed by atoms with Crippen LogP contribution in [-0.2, 0) is 0 Å². The van der Waals surface area contributed by atoms with E-state index in [0.29, 0.717) is 17.4 Å². The number of pyridine rings is 1. The molecular formula is C32H29FN6. The van der Waals surface area contributed by atoms with Crippen molar-refractivity contribution in [2.45, 2.75) is 26.2 Å². The van der Waals surface area contributed by atoms with Gasteiger partial charge in [0.05, 0.1) is 28.3 Å². The first-order valence-corrected chi connectivity index (χ1v) is 13.1. The predicted octanol–water partition coefficient (Wildman–Crippen LogP) is 6.17. The maximum Gasteiger partial charge on any atom is 0.159 e. The monoisotopic (exact) mass is 516 g/mol. The average molecular weight is 517 g/mol. The molecule has 3 N–H and O–H groups in total. The summed E-state index contributed by atoms with van der Waals surface area (Å²) in [5, 5.41) is 12.8. The molecule has 3 heterocycles. The lowest BCUT2D eigenvalue weighted by molar-refractivity contribution is 0.371. The molecule has 2 aromatic carbocycles. The van der Waals surface area contributed by atoms with Crippen molar-refractivity contribution in [3.63, 3.8) is 0 Å². The number of aromatic nitrogens is 5. The van der Waals surface area contributed by atoms with E-state index >= 15 is 0 Å². The quantitative estimate of drug-likeness (QED) is 0.241. The summed E-state index contributed by atoms with van der Waals surface area (Å²) in [6, 6.07) is 14.4. The van der Waals surface area contributed by atoms with Crippen molar-refractivity contribution in [3.8, 4) is 22.6 Å². The molecule has 1 aliphatic carbocycles. The van der Waals surface area contributed by atoms with Crippen molar-refractivity contribution in [3.05, 3.63) is 102 Å². The van der Waals surface area contributed by atoms with Crippen LogP contribution in [-0.4, -0.2) is 25.1 Å². The molecule has 0 radical (unpaired) electrons. The molecule has 194 valence electrons. The van der Waals surface area contributed by atoms with E-state index < -0.39 is 0 Å². The van der Waals surface area contributed by atoms with Gasteiger partial charge in [-0.25, -0.2) is 9.37 Å². The topological polar surface area (TPSA) is 82.3 Å². The number of rotatable bonds is 7. The number of imidazole rings is 1. The second kappa shape index (κ2) is 10.2. The van der Waals surface area contributed by atoms with Gasteiger partial charge in [-0.05, 0) is 67.2 Å². The number of aromatic amines is 2. The molecular weight excluding hydrogens is 487 g/mol. The van der Waals surface area contributed by atoms with Crippen molar-refractivity contribution < 1.29 is 4.39 Å². The van der Waals surface area contributed by atoms with E-state index in [0.717, 1.165) is 55.2 Å². The number of nitrogens with zero attached hydrogens (tertiary/aromatic N) is 3. The fourth-order valence-corrected chi connectivity index (χ4v) is 4.93. The lowest BCUT2D eigenvalue weighted by Gasteiger charge is -2.28. The van der Waals surface area contributed by atoms with Crippen molar-refractivity contribution in [1.29, 1.82) is 0 Å². The van der Waals surface area contributed by atoms with Gasteiger partial charge in [0.25, 0.3) is 0 Å². The van der Waals surface area contributed by atoms with E-state index in [2.05, 4.69) is 38.6 Å². The van der Waals surface area contributed by atoms with Gasteiger partial charge in [-0.3, -0.25) is 10.1 Å². The summed E-state index contributed by atoms with van der Waals surface area (Å²) < 4.78 is 13.9. The smallest absolute Gasteiger partial charge is 0.159 e. The predicted molar refractivity (Wildman–Crippen MR) is 156 cm³/mol. The molecule has 0 unspecified atom stereocenters. The highest BCUT2D eigenvalue weighted by Gasteiger charge is 2.20. The van der Waals surface area contributed by atoms with E-state index in [1.807, 2.05) is 49.4 Å². The molecule has 1 fully saturated rings. The Morgan fingerprint density at radius 2 is 1.95 bits per heavy atom. The molecule has 39 heavy (non-hydrogen) atoms. The van der Waals surface area contributed by atoms with Crippen LogP contribution in [0.25, 0.3) is 51.4 Å². The first kappa shape index (κ1) is 24.6. The molecule has 5 aromatic rings. The molecule has 7 heteroatoms. The average Bonchev–Trinajstić information content (AvgIpc) is 3.51. The minimum atomic E-state index is -0.285. The molecule has 6 nitrogen and oxygen atoms in total. The Morgan fingerprint density at radius 1 is 1.10 bits per heavy atom. The van der Waals surface area contributed by atoms with Crippen molar-refractivity contribution >= 4 is 34.4 Å². The summed E-state index contributed by atoms with van der Waals surface area (Å²) in [6.45, 7) is 10.5. The molecule has 0 bridgehead atoms. The van der Waals surface area contributed by atoms with E-state index in [-0.39, 0.29) is 5.82 Å². The van der Waals surface area contributed by atoms with E-state index in [4.69, 9.17) is 4.98 Å². The highest BCUT2D eigenvalue weighted by Crippen LogP contribution is 2.33. The van der Waals surface area contributed by atoms with E-state index in [1.165, 1.54) is 31.4 Å². The van der Waals surface area contributed by atoms with Crippen LogP contribution in [0.15, 0.2) is 79.8 Å². The largest absolute Gasteiger partial charge is 0.358 e. The van der Waals surface area contributed by atoms with Crippen molar-refractivity contribution in [2.75, 3.05) is 5.32 Å². The Balaban J connectivity index is 1.38. The van der Waals surface area contributed by atoms with Crippen LogP contribution in [0, 0.1) is 11.7 Å². The van der Waals surface area contributed by atoms with Gasteiger partial charge in [-0.1, -0.05) is 49.9 Å². The van der Waals surface area contributed by atoms with Gasteiger partial charge in [0, 0.05) is 28.2 Å². The molecule has 0 saturated heterocycles. The molecule has 1 aliphatic rings. The van der Waals surface area contributed by atoms with Crippen LogP contribution < -0.4 is 15.9 Å². The van der Waals surface area contributed by atoms with E-state index in [9.17, 15) is 4.39 Å². The highest BCUT2D eigenvalue weighted by atomic mass is 19.1. The number of anilines is 1. The lowest BCUT2D eigenvalue weighted by atomic mass is 9.83. The summed E-state index contributed by atoms with van der Waals surface area (Å²) in [5.41, 5.74) is 7.51. The van der Waals surface area contributed by atoms with Gasteiger partial charge in [-0.2, -0.15) is 5.10 Å². The number of H-pyrrole nitrogens is 2. The number of allylic oxidation sites excluding steroid dienone is 2. The number of para-hydroxylation sites is 1. The normalized spacial score (nSPS) is 14.5. The molecule has 0 spiro atoms. The maximum atomic E-state index is 13.9. The van der Waals surface area contributed by atoms with Crippen LogP contribution in [0.4, 0.5) is 10.1 Å². The third-order valence-electron chi connectivity index (χ3n) is 7.33. The Kier molecular flexibility index (Phi) is 6.40. The molecule has 0 aliphatic heterocycles. The third-order valence-corrected chi connectivity index (χ3v) is 7.33. The first-order valence-electron chi connectivity index (χ1n) is 13.1. The molecule has 1 saturated carbocycles. The number of hydrogen-bond donors (Lipinski definition) is 3. The maximum absolute atomic E-state index is 13.9. The molecule has 0 amide bonds. The van der Waals surface area contributed by atoms with Gasteiger partial charge in [-0.15, -0.1) is 0 Å². The van der Waals surface area contributed by atoms with Crippen LogP contribution >= 0.6 is 0 Å². The summed E-state index contributed by atoms with van der Waals surface area (Å²) in [5.74, 6) is 0.861. The molecule has 0 atom stereocenters. The minimum absolute atomic E-state index is 0.285.